The lowest BCUT2D eigenvalue weighted by Gasteiger charge is -2.23. The van der Waals surface area contributed by atoms with Gasteiger partial charge in [-0.25, -0.2) is 14.3 Å². The van der Waals surface area contributed by atoms with E-state index in [1.807, 2.05) is 19.1 Å². The first-order valence-electron chi connectivity index (χ1n) is 9.67. The molecular weight excluding hydrogens is 372 g/mol. The van der Waals surface area contributed by atoms with Crippen molar-refractivity contribution in [3.05, 3.63) is 53.6 Å². The Balaban J connectivity index is 1.68. The molecule has 0 unspecified atom stereocenters. The third-order valence-electron chi connectivity index (χ3n) is 5.43. The Morgan fingerprint density at radius 3 is 3.07 bits per heavy atom. The summed E-state index contributed by atoms with van der Waals surface area (Å²) in [5, 5.41) is 7.23. The Morgan fingerprint density at radius 1 is 1.28 bits per heavy atom. The second-order valence-corrected chi connectivity index (χ2v) is 7.38. The Labute approximate surface area is 166 Å². The predicted octanol–water partition coefficient (Wildman–Crippen LogP) is 2.28. The molecule has 0 saturated carbocycles. The predicted molar refractivity (Wildman–Crippen MR) is 104 cm³/mol. The number of nitrogens with zero attached hydrogens (tertiary/aromatic N) is 5. The minimum Gasteiger partial charge on any atom is -0.447 e. The Bertz CT molecular complexity index is 1110. The van der Waals surface area contributed by atoms with Crippen LogP contribution in [0.25, 0.3) is 5.65 Å². The first-order chi connectivity index (χ1) is 14.1. The maximum atomic E-state index is 12.7. The molecule has 9 heteroatoms. The van der Waals surface area contributed by atoms with E-state index in [1.54, 1.807) is 18.5 Å². The summed E-state index contributed by atoms with van der Waals surface area (Å²) < 4.78 is 6.89. The SMILES string of the molecule is C[C@H]1CCCc2ncccc2[C@H]2COC(=O)N2c2ccn3ncc(c3n2)C(=O)N1. The smallest absolute Gasteiger partial charge is 0.416 e. The summed E-state index contributed by atoms with van der Waals surface area (Å²) in [4.78, 5) is 36.0. The molecule has 2 amide bonds. The van der Waals surface area contributed by atoms with Crippen LogP contribution in [0.3, 0.4) is 0 Å². The highest BCUT2D eigenvalue weighted by atomic mass is 16.6. The van der Waals surface area contributed by atoms with Gasteiger partial charge in [-0.15, -0.1) is 0 Å². The number of nitrogens with one attached hydrogen (secondary N) is 1. The molecule has 3 aromatic heterocycles. The zero-order valence-corrected chi connectivity index (χ0v) is 15.9. The molecule has 0 aliphatic carbocycles. The van der Waals surface area contributed by atoms with Gasteiger partial charge < -0.3 is 10.1 Å². The summed E-state index contributed by atoms with van der Waals surface area (Å²) >= 11 is 0. The number of cyclic esters (lactones) is 1. The number of pyridine rings is 1. The van der Waals surface area contributed by atoms with Crippen LogP contribution in [-0.2, 0) is 11.2 Å². The maximum absolute atomic E-state index is 12.7. The number of aryl methyl sites for hydroxylation is 1. The molecule has 9 nitrogen and oxygen atoms in total. The largest absolute Gasteiger partial charge is 0.447 e. The Kier molecular flexibility index (Phi) is 4.15. The lowest BCUT2D eigenvalue weighted by atomic mass is 10.00. The molecule has 148 valence electrons. The first-order valence-corrected chi connectivity index (χ1v) is 9.67. The van der Waals surface area contributed by atoms with Crippen molar-refractivity contribution in [2.75, 3.05) is 11.5 Å². The zero-order valence-electron chi connectivity index (χ0n) is 15.9. The second-order valence-electron chi connectivity index (χ2n) is 7.38. The van der Waals surface area contributed by atoms with Crippen LogP contribution < -0.4 is 10.2 Å². The Hall–Kier alpha value is -3.49. The highest BCUT2D eigenvalue weighted by Gasteiger charge is 2.38. The monoisotopic (exact) mass is 392 g/mol. The average Bonchev–Trinajstić information content (AvgIpc) is 3.30. The van der Waals surface area contributed by atoms with Gasteiger partial charge in [0, 0.05) is 29.7 Å². The van der Waals surface area contributed by atoms with Crippen LogP contribution in [0.2, 0.25) is 0 Å². The van der Waals surface area contributed by atoms with Gasteiger partial charge in [-0.2, -0.15) is 5.10 Å². The standard InChI is InChI=1S/C20H20N6O3/c1-12-4-2-6-15-13(5-3-8-21-15)16-11-29-20(28)26(16)17-7-9-25-18(24-17)14(10-22-25)19(27)23-12/h3,5,7-10,12,16H,2,4,6,11H2,1H3,(H,23,27)/t12-,16+/m0/s1. The molecule has 5 rings (SSSR count). The summed E-state index contributed by atoms with van der Waals surface area (Å²) in [6.45, 7) is 2.21. The van der Waals surface area contributed by atoms with Crippen LogP contribution in [0.1, 0.15) is 47.4 Å². The number of carbonyl (C=O) groups is 2. The number of hydrogen-bond acceptors (Lipinski definition) is 6. The lowest BCUT2D eigenvalue weighted by Crippen LogP contribution is -2.33. The fourth-order valence-electron chi connectivity index (χ4n) is 3.97. The number of amides is 2. The van der Waals surface area contributed by atoms with E-state index in [0.717, 1.165) is 30.5 Å². The molecule has 2 aliphatic heterocycles. The maximum Gasteiger partial charge on any atom is 0.416 e. The van der Waals surface area contributed by atoms with Gasteiger partial charge in [0.15, 0.2) is 5.65 Å². The highest BCUT2D eigenvalue weighted by Crippen LogP contribution is 2.34. The van der Waals surface area contributed by atoms with Crippen molar-refractivity contribution < 1.29 is 14.3 Å². The van der Waals surface area contributed by atoms with Crippen LogP contribution in [-0.4, -0.2) is 44.2 Å². The quantitative estimate of drug-likeness (QED) is 0.630. The highest BCUT2D eigenvalue weighted by molar-refractivity contribution is 6.00. The first kappa shape index (κ1) is 17.6. The molecule has 0 spiro atoms. The molecule has 1 saturated heterocycles. The van der Waals surface area contributed by atoms with Gasteiger partial charge in [-0.05, 0) is 38.3 Å². The van der Waals surface area contributed by atoms with Crippen molar-refractivity contribution in [2.45, 2.75) is 38.3 Å². The van der Waals surface area contributed by atoms with E-state index in [2.05, 4.69) is 20.4 Å². The third-order valence-corrected chi connectivity index (χ3v) is 5.43. The van der Waals surface area contributed by atoms with Crippen LogP contribution in [0.15, 0.2) is 36.8 Å². The van der Waals surface area contributed by atoms with Gasteiger partial charge in [-0.3, -0.25) is 14.7 Å². The van der Waals surface area contributed by atoms with Crippen molar-refractivity contribution in [1.82, 2.24) is 24.9 Å². The average molecular weight is 392 g/mol. The number of carbonyl (C=O) groups excluding carboxylic acids is 2. The molecule has 29 heavy (non-hydrogen) atoms. The number of anilines is 1. The fourth-order valence-corrected chi connectivity index (χ4v) is 3.97. The minimum atomic E-state index is -0.465. The summed E-state index contributed by atoms with van der Waals surface area (Å²) in [6, 6.07) is 5.25. The van der Waals surface area contributed by atoms with Gasteiger partial charge in [0.25, 0.3) is 5.91 Å². The van der Waals surface area contributed by atoms with Gasteiger partial charge in [0.2, 0.25) is 0 Å². The van der Waals surface area contributed by atoms with Crippen molar-refractivity contribution >= 4 is 23.5 Å². The molecule has 1 N–H and O–H groups in total. The van der Waals surface area contributed by atoms with Gasteiger partial charge in [0.1, 0.15) is 24.0 Å². The van der Waals surface area contributed by atoms with Crippen LogP contribution in [0.4, 0.5) is 10.6 Å². The van der Waals surface area contributed by atoms with Gasteiger partial charge in [-0.1, -0.05) is 6.07 Å². The van der Waals surface area contributed by atoms with Gasteiger partial charge >= 0.3 is 6.09 Å². The van der Waals surface area contributed by atoms with E-state index in [4.69, 9.17) is 4.74 Å². The topological polar surface area (TPSA) is 102 Å². The van der Waals surface area contributed by atoms with Crippen molar-refractivity contribution in [3.63, 3.8) is 0 Å². The molecule has 2 bridgehead atoms. The number of ether oxygens (including phenoxy) is 1. The van der Waals surface area contributed by atoms with E-state index >= 15 is 0 Å². The number of aromatic nitrogens is 4. The molecule has 0 radical (unpaired) electrons. The lowest BCUT2D eigenvalue weighted by molar-refractivity contribution is 0.0939. The van der Waals surface area contributed by atoms with Gasteiger partial charge in [0.05, 0.1) is 6.20 Å². The van der Waals surface area contributed by atoms with Crippen LogP contribution in [0, 0.1) is 0 Å². The summed E-state index contributed by atoms with van der Waals surface area (Å²) in [5.41, 5.74) is 2.67. The normalized spacial score (nSPS) is 22.0. The summed E-state index contributed by atoms with van der Waals surface area (Å²) in [6.07, 6.45) is 6.91. The molecular formula is C20H20N6O3. The second kappa shape index (κ2) is 6.84. The van der Waals surface area contributed by atoms with E-state index < -0.39 is 6.09 Å². The van der Waals surface area contributed by atoms with E-state index in [-0.39, 0.29) is 24.6 Å². The number of rotatable bonds is 0. The minimum absolute atomic E-state index is 0.00336. The third kappa shape index (κ3) is 2.98. The molecule has 3 aromatic rings. The molecule has 2 aliphatic rings. The van der Waals surface area contributed by atoms with E-state index in [0.29, 0.717) is 17.0 Å². The van der Waals surface area contributed by atoms with Crippen molar-refractivity contribution in [1.29, 1.82) is 0 Å². The summed E-state index contributed by atoms with van der Waals surface area (Å²) in [5.74, 6) is 0.188. The van der Waals surface area contributed by atoms with Crippen molar-refractivity contribution in [3.8, 4) is 0 Å². The molecule has 5 heterocycles. The molecule has 2 atom stereocenters. The Morgan fingerprint density at radius 2 is 2.17 bits per heavy atom. The van der Waals surface area contributed by atoms with Crippen molar-refractivity contribution in [2.24, 2.45) is 0 Å². The summed E-state index contributed by atoms with van der Waals surface area (Å²) in [7, 11) is 0. The fraction of sp³-hybridized carbons (Fsp3) is 0.350. The number of fused-ring (bicyclic) bond motifs is 5. The van der Waals surface area contributed by atoms with Crippen LogP contribution >= 0.6 is 0 Å². The van der Waals surface area contributed by atoms with Crippen LogP contribution in [0.5, 0.6) is 0 Å². The van der Waals surface area contributed by atoms with E-state index in [1.165, 1.54) is 15.6 Å². The zero-order chi connectivity index (χ0) is 20.0. The number of hydrogen-bond donors (Lipinski definition) is 1. The molecule has 0 aromatic carbocycles. The molecule has 1 fully saturated rings. The van der Waals surface area contributed by atoms with E-state index in [9.17, 15) is 9.59 Å².